The summed E-state index contributed by atoms with van der Waals surface area (Å²) in [7, 11) is 0. The quantitative estimate of drug-likeness (QED) is 0.160. The molecule has 1 aromatic heterocycles. The lowest BCUT2D eigenvalue weighted by Gasteiger charge is -2.30. The number of hydrogen-bond acceptors (Lipinski definition) is 2. The molecule has 0 saturated heterocycles. The second-order valence-corrected chi connectivity index (χ2v) is 17.2. The first kappa shape index (κ1) is 36.9. The molecule has 1 heterocycles. The van der Waals surface area contributed by atoms with E-state index < -0.39 is 0 Å². The molecule has 2 nitrogen and oxygen atoms in total. The van der Waals surface area contributed by atoms with E-state index in [4.69, 9.17) is 4.42 Å². The van der Waals surface area contributed by atoms with Crippen LogP contribution in [0.1, 0.15) is 25.0 Å². The number of furan rings is 1. The average Bonchev–Trinajstić information content (AvgIpc) is 3.84. The highest BCUT2D eigenvalue weighted by molar-refractivity contribution is 6.14. The van der Waals surface area contributed by atoms with E-state index in [1.807, 2.05) is 6.07 Å². The minimum atomic E-state index is -0.118. The summed E-state index contributed by atoms with van der Waals surface area (Å²) in [6, 6.07) is 81.6. The Morgan fingerprint density at radius 1 is 0.349 bits per heavy atom. The molecule has 0 amide bonds. The van der Waals surface area contributed by atoms with Crippen molar-refractivity contribution in [3.05, 3.63) is 236 Å². The number of fused-ring (bicyclic) bond motifs is 7. The van der Waals surface area contributed by atoms with Crippen LogP contribution in [0, 0.1) is 0 Å². The van der Waals surface area contributed by atoms with Crippen molar-refractivity contribution in [1.82, 2.24) is 0 Å². The van der Waals surface area contributed by atoms with Crippen LogP contribution in [0.15, 0.2) is 229 Å². The maximum Gasteiger partial charge on any atom is 0.136 e. The van der Waals surface area contributed by atoms with Gasteiger partial charge in [0.25, 0.3) is 0 Å². The molecule has 1 aliphatic rings. The van der Waals surface area contributed by atoms with Gasteiger partial charge in [-0.1, -0.05) is 202 Å². The van der Waals surface area contributed by atoms with E-state index in [2.05, 4.69) is 237 Å². The van der Waals surface area contributed by atoms with Gasteiger partial charge in [-0.15, -0.1) is 0 Å². The van der Waals surface area contributed by atoms with Crippen molar-refractivity contribution in [1.29, 1.82) is 0 Å². The smallest absolute Gasteiger partial charge is 0.136 e. The molecule has 1 aliphatic carbocycles. The van der Waals surface area contributed by atoms with Crippen LogP contribution in [0.2, 0.25) is 0 Å². The molecule has 0 saturated carbocycles. The highest BCUT2D eigenvalue weighted by Gasteiger charge is 2.37. The molecular formula is C61H43NO. The first-order valence-corrected chi connectivity index (χ1v) is 21.8. The molecule has 0 radical (unpaired) electrons. The van der Waals surface area contributed by atoms with E-state index in [0.29, 0.717) is 0 Å². The summed E-state index contributed by atoms with van der Waals surface area (Å²) in [5, 5.41) is 4.71. The van der Waals surface area contributed by atoms with Crippen molar-refractivity contribution in [3.63, 3.8) is 0 Å². The normalized spacial score (nSPS) is 12.7. The van der Waals surface area contributed by atoms with Crippen molar-refractivity contribution in [2.24, 2.45) is 0 Å². The summed E-state index contributed by atoms with van der Waals surface area (Å²) in [5.41, 5.74) is 19.7. The molecule has 0 N–H and O–H groups in total. The van der Waals surface area contributed by atoms with E-state index >= 15 is 0 Å². The number of nitrogens with zero attached hydrogens (tertiary/aromatic N) is 1. The van der Waals surface area contributed by atoms with Crippen molar-refractivity contribution in [2.45, 2.75) is 19.3 Å². The summed E-state index contributed by atoms with van der Waals surface area (Å²) in [6.07, 6.45) is 0. The fourth-order valence-corrected chi connectivity index (χ4v) is 10.4. The van der Waals surface area contributed by atoms with Crippen LogP contribution in [0.3, 0.4) is 0 Å². The summed E-state index contributed by atoms with van der Waals surface area (Å²) < 4.78 is 6.46. The van der Waals surface area contributed by atoms with Crippen LogP contribution < -0.4 is 4.90 Å². The van der Waals surface area contributed by atoms with Crippen molar-refractivity contribution in [3.8, 4) is 55.6 Å². The van der Waals surface area contributed by atoms with Crippen molar-refractivity contribution in [2.75, 3.05) is 4.90 Å². The SMILES string of the molecule is CC1(C)c2ccccc2-c2c(-c3ccccc3N(c3ccc(-c4cccc5cccc(-c6ccccc6)c45)cc3)c3ccccc3-c3cccc4oc5ccccc5c34)cccc21. The molecule has 12 rings (SSSR count). The van der Waals surface area contributed by atoms with Gasteiger partial charge < -0.3 is 9.32 Å². The van der Waals surface area contributed by atoms with E-state index in [-0.39, 0.29) is 5.41 Å². The largest absolute Gasteiger partial charge is 0.456 e. The fraction of sp³-hybridized carbons (Fsp3) is 0.0492. The Bertz CT molecular complexity index is 3530. The Labute approximate surface area is 368 Å². The third kappa shape index (κ3) is 5.86. The maximum atomic E-state index is 6.46. The van der Waals surface area contributed by atoms with Gasteiger partial charge in [-0.3, -0.25) is 0 Å². The highest BCUT2D eigenvalue weighted by atomic mass is 16.3. The third-order valence-electron chi connectivity index (χ3n) is 13.3. The summed E-state index contributed by atoms with van der Waals surface area (Å²) in [5.74, 6) is 0. The number of rotatable bonds is 7. The van der Waals surface area contributed by atoms with Gasteiger partial charge in [0, 0.05) is 33.0 Å². The summed E-state index contributed by atoms with van der Waals surface area (Å²) in [4.78, 5) is 2.47. The van der Waals surface area contributed by atoms with Crippen molar-refractivity contribution < 1.29 is 4.42 Å². The van der Waals surface area contributed by atoms with Crippen LogP contribution >= 0.6 is 0 Å². The predicted octanol–water partition coefficient (Wildman–Crippen LogP) is 17.2. The lowest BCUT2D eigenvalue weighted by atomic mass is 9.82. The first-order valence-electron chi connectivity index (χ1n) is 21.8. The fourth-order valence-electron chi connectivity index (χ4n) is 10.4. The Balaban J connectivity index is 1.09. The van der Waals surface area contributed by atoms with Gasteiger partial charge >= 0.3 is 0 Å². The topological polar surface area (TPSA) is 16.4 Å². The molecule has 0 aliphatic heterocycles. The van der Waals surface area contributed by atoms with Gasteiger partial charge in [0.2, 0.25) is 0 Å². The third-order valence-corrected chi connectivity index (χ3v) is 13.3. The Kier molecular flexibility index (Phi) is 8.55. The van der Waals surface area contributed by atoms with Gasteiger partial charge in [-0.25, -0.2) is 0 Å². The minimum absolute atomic E-state index is 0.118. The minimum Gasteiger partial charge on any atom is -0.456 e. The van der Waals surface area contributed by atoms with E-state index in [0.717, 1.165) is 50.1 Å². The molecule has 63 heavy (non-hydrogen) atoms. The molecule has 10 aromatic carbocycles. The van der Waals surface area contributed by atoms with E-state index in [1.54, 1.807) is 0 Å². The maximum absolute atomic E-state index is 6.46. The molecule has 298 valence electrons. The zero-order chi connectivity index (χ0) is 42.1. The van der Waals surface area contributed by atoms with Gasteiger partial charge in [0.1, 0.15) is 11.2 Å². The number of hydrogen-bond donors (Lipinski definition) is 0. The Morgan fingerprint density at radius 2 is 0.857 bits per heavy atom. The monoisotopic (exact) mass is 805 g/mol. The van der Waals surface area contributed by atoms with Crippen LogP contribution in [-0.2, 0) is 5.41 Å². The van der Waals surface area contributed by atoms with Crippen LogP contribution in [0.5, 0.6) is 0 Å². The standard InChI is InChI=1S/C61H43NO/c1-61(2)52-30-10-6-24-50(52)59-48(28-16-31-53(59)61)46-22-7-11-32-54(46)62(55-33-12-8-23-47(55)49-29-17-35-57-60(49)51-25-9-13-34-56(51)63-57)43-38-36-41(37-39-43)45-27-15-21-42-20-14-26-44(58(42)45)40-18-4-3-5-19-40/h3-39H,1-2H3. The summed E-state index contributed by atoms with van der Waals surface area (Å²) >= 11 is 0. The molecule has 0 atom stereocenters. The van der Waals surface area contributed by atoms with Crippen LogP contribution in [0.4, 0.5) is 17.1 Å². The molecule has 0 fully saturated rings. The first-order chi connectivity index (χ1) is 31.0. The molecule has 0 bridgehead atoms. The summed E-state index contributed by atoms with van der Waals surface area (Å²) in [6.45, 7) is 4.72. The second kappa shape index (κ2) is 14.6. The molecule has 11 aromatic rings. The van der Waals surface area contributed by atoms with Gasteiger partial charge in [0.05, 0.1) is 11.4 Å². The highest BCUT2D eigenvalue weighted by Crippen LogP contribution is 2.54. The lowest BCUT2D eigenvalue weighted by Crippen LogP contribution is -2.15. The molecule has 2 heteroatoms. The zero-order valence-corrected chi connectivity index (χ0v) is 35.2. The predicted molar refractivity (Wildman–Crippen MR) is 265 cm³/mol. The molecule has 0 unspecified atom stereocenters. The van der Waals surface area contributed by atoms with Gasteiger partial charge in [-0.2, -0.15) is 0 Å². The van der Waals surface area contributed by atoms with Crippen molar-refractivity contribution >= 4 is 49.8 Å². The van der Waals surface area contributed by atoms with E-state index in [9.17, 15) is 0 Å². The number of benzene rings is 10. The van der Waals surface area contributed by atoms with Gasteiger partial charge in [-0.05, 0) is 103 Å². The number of anilines is 3. The lowest BCUT2D eigenvalue weighted by molar-refractivity contribution is 0.660. The zero-order valence-electron chi connectivity index (χ0n) is 35.2. The van der Waals surface area contributed by atoms with Gasteiger partial charge in [0.15, 0.2) is 0 Å². The molecule has 0 spiro atoms. The van der Waals surface area contributed by atoms with Crippen LogP contribution in [0.25, 0.3) is 88.3 Å². The average molecular weight is 806 g/mol. The number of para-hydroxylation sites is 3. The molecular weight excluding hydrogens is 763 g/mol. The van der Waals surface area contributed by atoms with E-state index in [1.165, 1.54) is 66.4 Å². The van der Waals surface area contributed by atoms with Crippen LogP contribution in [-0.4, -0.2) is 0 Å². The Morgan fingerprint density at radius 3 is 1.60 bits per heavy atom. The second-order valence-electron chi connectivity index (χ2n) is 17.2. The Hall–Kier alpha value is -7.94.